The van der Waals surface area contributed by atoms with E-state index in [-0.39, 0.29) is 40.5 Å². The molecule has 24 heavy (non-hydrogen) atoms. The summed E-state index contributed by atoms with van der Waals surface area (Å²) in [4.78, 5) is 25.9. The summed E-state index contributed by atoms with van der Waals surface area (Å²) in [5, 5.41) is 0. The van der Waals surface area contributed by atoms with Gasteiger partial charge in [0, 0.05) is 11.8 Å². The Morgan fingerprint density at radius 3 is 2.71 bits per heavy atom. The second-order valence-electron chi connectivity index (χ2n) is 8.97. The number of fused-ring (bicyclic) bond motifs is 4. The van der Waals surface area contributed by atoms with Crippen LogP contribution in [0.4, 0.5) is 0 Å². The minimum atomic E-state index is -0.359. The number of carbonyl (C=O) groups excluding carboxylic acids is 2. The molecule has 1 heterocycles. The van der Waals surface area contributed by atoms with Gasteiger partial charge in [-0.15, -0.1) is 0 Å². The zero-order chi connectivity index (χ0) is 16.7. The topological polar surface area (TPSA) is 43.4 Å². The van der Waals surface area contributed by atoms with Gasteiger partial charge in [0.05, 0.1) is 5.41 Å². The van der Waals surface area contributed by atoms with Crippen LogP contribution in [0.1, 0.15) is 52.4 Å². The van der Waals surface area contributed by atoms with Gasteiger partial charge >= 0.3 is 5.97 Å². The summed E-state index contributed by atoms with van der Waals surface area (Å²) in [6, 6.07) is 0. The number of allylic oxidation sites excluding steroid dienone is 4. The predicted molar refractivity (Wildman–Crippen MR) is 90.0 cm³/mol. The van der Waals surface area contributed by atoms with Gasteiger partial charge in [0.2, 0.25) is 0 Å². The number of hydrogen-bond donors (Lipinski definition) is 0. The Morgan fingerprint density at radius 2 is 1.88 bits per heavy atom. The monoisotopic (exact) mass is 326 g/mol. The Kier molecular flexibility index (Phi) is 2.87. The first-order chi connectivity index (χ1) is 11.5. The van der Waals surface area contributed by atoms with Crippen molar-refractivity contribution in [2.45, 2.75) is 58.5 Å². The number of cyclic esters (lactones) is 1. The molecule has 0 aromatic heterocycles. The summed E-state index contributed by atoms with van der Waals surface area (Å²) < 4.78 is 5.66. The van der Waals surface area contributed by atoms with E-state index < -0.39 is 0 Å². The van der Waals surface area contributed by atoms with E-state index in [0.29, 0.717) is 11.8 Å². The fourth-order valence-electron chi connectivity index (χ4n) is 7.19. The molecule has 3 fully saturated rings. The van der Waals surface area contributed by atoms with Crippen LogP contribution in [0.5, 0.6) is 0 Å². The first kappa shape index (κ1) is 14.9. The molecule has 5 rings (SSSR count). The van der Waals surface area contributed by atoms with Crippen LogP contribution in [-0.2, 0) is 14.3 Å². The van der Waals surface area contributed by atoms with Crippen LogP contribution in [0.2, 0.25) is 0 Å². The molecule has 0 radical (unpaired) electrons. The lowest BCUT2D eigenvalue weighted by Crippen LogP contribution is -2.54. The molecule has 3 nitrogen and oxygen atoms in total. The van der Waals surface area contributed by atoms with Crippen molar-refractivity contribution in [1.82, 2.24) is 0 Å². The third kappa shape index (κ3) is 1.55. The molecule has 0 bridgehead atoms. The SMILES string of the molecule is C[C@@H]1OC(=O)[C@]23CC[C@H]4[C@@H](C(=O)C=C5C=CCC[C@@]54C)[C@@H]2CC[C@H]13. The van der Waals surface area contributed by atoms with Crippen molar-refractivity contribution < 1.29 is 14.3 Å². The Hall–Kier alpha value is -1.38. The van der Waals surface area contributed by atoms with Gasteiger partial charge in [-0.25, -0.2) is 0 Å². The van der Waals surface area contributed by atoms with E-state index in [1.807, 2.05) is 13.0 Å². The Balaban J connectivity index is 1.61. The highest BCUT2D eigenvalue weighted by atomic mass is 16.6. The molecule has 5 aliphatic rings. The van der Waals surface area contributed by atoms with Gasteiger partial charge in [-0.1, -0.05) is 19.1 Å². The molecule has 1 saturated heterocycles. The van der Waals surface area contributed by atoms with Crippen LogP contribution in [0.15, 0.2) is 23.8 Å². The molecular formula is C21H26O3. The average molecular weight is 326 g/mol. The van der Waals surface area contributed by atoms with Crippen molar-refractivity contribution in [2.75, 3.05) is 0 Å². The Morgan fingerprint density at radius 1 is 1.08 bits per heavy atom. The maximum Gasteiger partial charge on any atom is 0.313 e. The molecule has 0 N–H and O–H groups in total. The average Bonchev–Trinajstić information content (AvgIpc) is 3.05. The van der Waals surface area contributed by atoms with Gasteiger partial charge in [-0.2, -0.15) is 0 Å². The zero-order valence-electron chi connectivity index (χ0n) is 14.6. The summed E-state index contributed by atoms with van der Waals surface area (Å²) in [6.45, 7) is 4.40. The molecule has 0 aromatic carbocycles. The first-order valence-electron chi connectivity index (χ1n) is 9.62. The largest absolute Gasteiger partial charge is 0.462 e. The van der Waals surface area contributed by atoms with Gasteiger partial charge < -0.3 is 4.74 Å². The number of ether oxygens (including phenoxy) is 1. The summed E-state index contributed by atoms with van der Waals surface area (Å²) >= 11 is 0. The molecule has 1 spiro atoms. The van der Waals surface area contributed by atoms with Crippen molar-refractivity contribution in [1.29, 1.82) is 0 Å². The summed E-state index contributed by atoms with van der Waals surface area (Å²) in [5.41, 5.74) is 0.983. The summed E-state index contributed by atoms with van der Waals surface area (Å²) in [6.07, 6.45) is 12.5. The molecule has 128 valence electrons. The highest BCUT2D eigenvalue weighted by Crippen LogP contribution is 2.67. The molecule has 0 unspecified atom stereocenters. The second-order valence-corrected chi connectivity index (χ2v) is 8.97. The Labute approximate surface area is 143 Å². The minimum absolute atomic E-state index is 0.00257. The molecule has 0 amide bonds. The molecule has 1 aliphatic heterocycles. The minimum Gasteiger partial charge on any atom is -0.462 e. The zero-order valence-corrected chi connectivity index (χ0v) is 14.6. The van der Waals surface area contributed by atoms with Crippen LogP contribution >= 0.6 is 0 Å². The number of carbonyl (C=O) groups is 2. The van der Waals surface area contributed by atoms with Gasteiger partial charge in [0.1, 0.15) is 6.10 Å². The number of hydrogen-bond acceptors (Lipinski definition) is 3. The van der Waals surface area contributed by atoms with Gasteiger partial charge in [0.25, 0.3) is 0 Å². The fourth-order valence-corrected chi connectivity index (χ4v) is 7.19. The number of ketones is 1. The summed E-state index contributed by atoms with van der Waals surface area (Å²) in [5.74, 6) is 1.23. The van der Waals surface area contributed by atoms with E-state index in [0.717, 1.165) is 38.5 Å². The van der Waals surface area contributed by atoms with Crippen molar-refractivity contribution in [3.05, 3.63) is 23.8 Å². The van der Waals surface area contributed by atoms with E-state index in [1.54, 1.807) is 0 Å². The van der Waals surface area contributed by atoms with Crippen LogP contribution in [0.25, 0.3) is 0 Å². The van der Waals surface area contributed by atoms with E-state index in [2.05, 4.69) is 19.1 Å². The van der Waals surface area contributed by atoms with E-state index in [9.17, 15) is 9.59 Å². The van der Waals surface area contributed by atoms with Gasteiger partial charge in [-0.05, 0) is 74.3 Å². The smallest absolute Gasteiger partial charge is 0.313 e. The third-order valence-corrected chi connectivity index (χ3v) is 8.32. The van der Waals surface area contributed by atoms with E-state index in [4.69, 9.17) is 4.74 Å². The van der Waals surface area contributed by atoms with Crippen molar-refractivity contribution in [3.63, 3.8) is 0 Å². The standard InChI is InChI=1S/C21H26O3/c1-12-14-6-7-16-18-15(8-10-21(14,16)19(23)24-12)20(2)9-4-3-5-13(20)11-17(18)22/h3,5,11-12,14-16,18H,4,6-10H2,1-2H3/t12-,14+,15-,16-,18+,20-,21-/m0/s1. The molecule has 3 heteroatoms. The maximum absolute atomic E-state index is 13.1. The van der Waals surface area contributed by atoms with Crippen LogP contribution in [0.3, 0.4) is 0 Å². The highest BCUT2D eigenvalue weighted by Gasteiger charge is 2.69. The Bertz CT molecular complexity index is 689. The van der Waals surface area contributed by atoms with Crippen LogP contribution in [0, 0.1) is 34.5 Å². The summed E-state index contributed by atoms with van der Waals surface area (Å²) in [7, 11) is 0. The maximum atomic E-state index is 13.1. The lowest BCUT2D eigenvalue weighted by Gasteiger charge is -2.54. The predicted octanol–water partition coefficient (Wildman–Crippen LogP) is 3.84. The number of rotatable bonds is 0. The fraction of sp³-hybridized carbons (Fsp3) is 0.714. The lowest BCUT2D eigenvalue weighted by molar-refractivity contribution is -0.158. The molecule has 4 aliphatic carbocycles. The molecule has 0 aromatic rings. The van der Waals surface area contributed by atoms with Crippen LogP contribution in [-0.4, -0.2) is 17.9 Å². The highest BCUT2D eigenvalue weighted by molar-refractivity contribution is 5.96. The molecular weight excluding hydrogens is 300 g/mol. The molecule has 7 atom stereocenters. The van der Waals surface area contributed by atoms with Crippen molar-refractivity contribution >= 4 is 11.8 Å². The quantitative estimate of drug-likeness (QED) is 0.635. The van der Waals surface area contributed by atoms with Gasteiger partial charge in [0.15, 0.2) is 5.78 Å². The van der Waals surface area contributed by atoms with Crippen molar-refractivity contribution in [3.8, 4) is 0 Å². The third-order valence-electron chi connectivity index (χ3n) is 8.32. The molecule has 2 saturated carbocycles. The van der Waals surface area contributed by atoms with Crippen molar-refractivity contribution in [2.24, 2.45) is 34.5 Å². The normalized spacial score (nSPS) is 52.1. The van der Waals surface area contributed by atoms with Crippen LogP contribution < -0.4 is 0 Å². The first-order valence-corrected chi connectivity index (χ1v) is 9.62. The number of esters is 1. The second kappa shape index (κ2) is 4.62. The lowest BCUT2D eigenvalue weighted by atomic mass is 9.47. The van der Waals surface area contributed by atoms with E-state index in [1.165, 1.54) is 5.57 Å². The van der Waals surface area contributed by atoms with E-state index >= 15 is 0 Å². The van der Waals surface area contributed by atoms with Gasteiger partial charge in [-0.3, -0.25) is 9.59 Å².